The summed E-state index contributed by atoms with van der Waals surface area (Å²) in [6.45, 7) is 3.93. The van der Waals surface area contributed by atoms with Crippen molar-refractivity contribution in [2.24, 2.45) is 0 Å². The van der Waals surface area contributed by atoms with Gasteiger partial charge in [0.25, 0.3) is 11.8 Å². The van der Waals surface area contributed by atoms with E-state index in [1.165, 1.54) is 6.92 Å². The zero-order valence-corrected chi connectivity index (χ0v) is 19.6. The predicted octanol–water partition coefficient (Wildman–Crippen LogP) is 4.77. The van der Waals surface area contributed by atoms with Crippen LogP contribution in [0.15, 0.2) is 66.7 Å². The number of amides is 2. The fourth-order valence-electron chi connectivity index (χ4n) is 3.91. The van der Waals surface area contributed by atoms with Crippen LogP contribution in [0.5, 0.6) is 0 Å². The summed E-state index contributed by atoms with van der Waals surface area (Å²) in [5.74, 6) is -1.70. The number of para-hydroxylation sites is 1. The van der Waals surface area contributed by atoms with Crippen LogP contribution in [0, 0.1) is 0 Å². The van der Waals surface area contributed by atoms with Gasteiger partial charge < -0.3 is 19.9 Å². The van der Waals surface area contributed by atoms with Crippen LogP contribution in [-0.4, -0.2) is 35.0 Å². The van der Waals surface area contributed by atoms with Crippen molar-refractivity contribution in [1.29, 1.82) is 0 Å². The molecule has 7 nitrogen and oxygen atoms in total. The first-order chi connectivity index (χ1) is 16.4. The Morgan fingerprint density at radius 2 is 1.68 bits per heavy atom. The van der Waals surface area contributed by atoms with Gasteiger partial charge in [-0.2, -0.15) is 0 Å². The van der Waals surface area contributed by atoms with E-state index in [4.69, 9.17) is 16.3 Å². The number of carbonyl (C=O) groups is 3. The summed E-state index contributed by atoms with van der Waals surface area (Å²) in [6.07, 6.45) is 0. The average Bonchev–Trinajstić information content (AvgIpc) is 3.15. The molecule has 34 heavy (non-hydrogen) atoms. The van der Waals surface area contributed by atoms with Crippen LogP contribution in [-0.2, 0) is 20.9 Å². The van der Waals surface area contributed by atoms with Crippen LogP contribution in [0.4, 0.5) is 5.69 Å². The lowest BCUT2D eigenvalue weighted by molar-refractivity contribution is -0.148. The lowest BCUT2D eigenvalue weighted by Gasteiger charge is -2.14. The van der Waals surface area contributed by atoms with Crippen molar-refractivity contribution in [2.75, 3.05) is 11.9 Å². The summed E-state index contributed by atoms with van der Waals surface area (Å²) in [6, 6.07) is 19.4. The Hall–Kier alpha value is -3.84. The van der Waals surface area contributed by atoms with Gasteiger partial charge in [0.2, 0.25) is 0 Å². The van der Waals surface area contributed by atoms with Gasteiger partial charge in [0.15, 0.2) is 6.61 Å². The number of ether oxygens (including phenoxy) is 1. The molecule has 8 heteroatoms. The van der Waals surface area contributed by atoms with Crippen molar-refractivity contribution < 1.29 is 19.1 Å². The zero-order chi connectivity index (χ0) is 24.2. The second kappa shape index (κ2) is 9.97. The number of esters is 1. The Labute approximate surface area is 201 Å². The van der Waals surface area contributed by atoms with Crippen LogP contribution in [0.3, 0.4) is 0 Å². The van der Waals surface area contributed by atoms with Gasteiger partial charge in [0.1, 0.15) is 6.04 Å². The Kier molecular flexibility index (Phi) is 6.84. The van der Waals surface area contributed by atoms with Gasteiger partial charge in [-0.25, -0.2) is 4.79 Å². The number of benzene rings is 3. The number of nitrogens with one attached hydrogen (secondary N) is 2. The molecule has 0 saturated heterocycles. The molecule has 4 rings (SSSR count). The van der Waals surface area contributed by atoms with Crippen LogP contribution in [0.2, 0.25) is 5.02 Å². The van der Waals surface area contributed by atoms with Gasteiger partial charge in [-0.3, -0.25) is 9.59 Å². The largest absolute Gasteiger partial charge is 0.454 e. The third-order valence-corrected chi connectivity index (χ3v) is 5.87. The van der Waals surface area contributed by atoms with Crippen molar-refractivity contribution in [3.05, 3.63) is 77.3 Å². The van der Waals surface area contributed by atoms with Crippen molar-refractivity contribution in [3.63, 3.8) is 0 Å². The molecular formula is C26H24ClN3O4. The first-order valence-electron chi connectivity index (χ1n) is 10.9. The minimum atomic E-state index is -0.951. The normalized spacial score (nSPS) is 11.9. The van der Waals surface area contributed by atoms with E-state index in [9.17, 15) is 14.4 Å². The van der Waals surface area contributed by atoms with E-state index in [2.05, 4.69) is 34.3 Å². The maximum absolute atomic E-state index is 12.4. The van der Waals surface area contributed by atoms with E-state index in [1.54, 1.807) is 24.3 Å². The molecule has 2 amide bonds. The Morgan fingerprint density at radius 1 is 0.971 bits per heavy atom. The van der Waals surface area contributed by atoms with Gasteiger partial charge in [0, 0.05) is 34.0 Å². The second-order valence-corrected chi connectivity index (χ2v) is 8.23. The lowest BCUT2D eigenvalue weighted by atomic mass is 10.1. The maximum Gasteiger partial charge on any atom is 0.328 e. The minimum Gasteiger partial charge on any atom is -0.454 e. The first-order valence-corrected chi connectivity index (χ1v) is 11.3. The Balaban J connectivity index is 1.37. The fraction of sp³-hybridized carbons (Fsp3) is 0.192. The van der Waals surface area contributed by atoms with Gasteiger partial charge in [-0.05, 0) is 50.2 Å². The topological polar surface area (TPSA) is 89.4 Å². The zero-order valence-electron chi connectivity index (χ0n) is 18.8. The molecule has 0 saturated carbocycles. The molecule has 4 aromatic rings. The summed E-state index contributed by atoms with van der Waals surface area (Å²) in [7, 11) is 0. The second-order valence-electron chi connectivity index (χ2n) is 7.82. The summed E-state index contributed by atoms with van der Waals surface area (Å²) in [5, 5.41) is 7.70. The van der Waals surface area contributed by atoms with Crippen molar-refractivity contribution >= 4 is 56.9 Å². The maximum atomic E-state index is 12.4. The highest BCUT2D eigenvalue weighted by molar-refractivity contribution is 6.33. The van der Waals surface area contributed by atoms with Crippen molar-refractivity contribution in [2.45, 2.75) is 26.4 Å². The molecule has 3 aromatic carbocycles. The van der Waals surface area contributed by atoms with E-state index in [0.29, 0.717) is 5.69 Å². The van der Waals surface area contributed by atoms with E-state index >= 15 is 0 Å². The van der Waals surface area contributed by atoms with Gasteiger partial charge >= 0.3 is 5.97 Å². The highest BCUT2D eigenvalue weighted by atomic mass is 35.5. The smallest absolute Gasteiger partial charge is 0.328 e. The van der Waals surface area contributed by atoms with Crippen LogP contribution in [0.25, 0.3) is 21.8 Å². The van der Waals surface area contributed by atoms with Gasteiger partial charge in [0.05, 0.1) is 10.6 Å². The fourth-order valence-corrected chi connectivity index (χ4v) is 4.13. The van der Waals surface area contributed by atoms with Gasteiger partial charge in [-0.15, -0.1) is 0 Å². The molecule has 0 unspecified atom stereocenters. The number of anilines is 1. The van der Waals surface area contributed by atoms with Gasteiger partial charge in [-0.1, -0.05) is 41.9 Å². The van der Waals surface area contributed by atoms with E-state index in [-0.39, 0.29) is 10.6 Å². The predicted molar refractivity (Wildman–Crippen MR) is 133 cm³/mol. The summed E-state index contributed by atoms with van der Waals surface area (Å²) in [5.41, 5.74) is 3.07. The summed E-state index contributed by atoms with van der Waals surface area (Å²) >= 11 is 6.01. The third kappa shape index (κ3) is 4.75. The molecule has 0 aliphatic heterocycles. The highest BCUT2D eigenvalue weighted by Gasteiger charge is 2.20. The summed E-state index contributed by atoms with van der Waals surface area (Å²) < 4.78 is 7.30. The molecule has 1 heterocycles. The van der Waals surface area contributed by atoms with E-state index in [1.807, 2.05) is 30.3 Å². The molecular weight excluding hydrogens is 454 g/mol. The molecule has 2 N–H and O–H groups in total. The number of fused-ring (bicyclic) bond motifs is 3. The number of rotatable bonds is 7. The molecule has 0 spiro atoms. The monoisotopic (exact) mass is 477 g/mol. The number of halogens is 1. The van der Waals surface area contributed by atoms with E-state index < -0.39 is 30.4 Å². The molecule has 0 radical (unpaired) electrons. The number of carbonyl (C=O) groups excluding carboxylic acids is 3. The molecule has 0 bridgehead atoms. The van der Waals surface area contributed by atoms with Crippen LogP contribution < -0.4 is 10.6 Å². The number of hydrogen-bond donors (Lipinski definition) is 2. The summed E-state index contributed by atoms with van der Waals surface area (Å²) in [4.78, 5) is 36.9. The molecule has 174 valence electrons. The molecule has 1 atom stereocenters. The van der Waals surface area contributed by atoms with Crippen LogP contribution >= 0.6 is 11.6 Å². The first kappa shape index (κ1) is 23.3. The highest BCUT2D eigenvalue weighted by Crippen LogP contribution is 2.30. The van der Waals surface area contributed by atoms with Crippen LogP contribution in [0.1, 0.15) is 24.2 Å². The molecule has 0 fully saturated rings. The average molecular weight is 478 g/mol. The number of nitrogens with zero attached hydrogens (tertiary/aromatic N) is 1. The Morgan fingerprint density at radius 3 is 2.44 bits per heavy atom. The third-order valence-electron chi connectivity index (χ3n) is 5.54. The lowest BCUT2D eigenvalue weighted by Crippen LogP contribution is -2.40. The number of hydrogen-bond acceptors (Lipinski definition) is 4. The van der Waals surface area contributed by atoms with Crippen molar-refractivity contribution in [1.82, 2.24) is 9.88 Å². The quantitative estimate of drug-likeness (QED) is 0.375. The number of aryl methyl sites for hydroxylation is 1. The number of aromatic nitrogens is 1. The molecule has 0 aliphatic rings. The van der Waals surface area contributed by atoms with E-state index in [0.717, 1.165) is 28.4 Å². The minimum absolute atomic E-state index is 0.251. The van der Waals surface area contributed by atoms with Crippen molar-refractivity contribution in [3.8, 4) is 0 Å². The standard InChI is InChI=1S/C26H24ClN3O4/c1-3-30-22-11-7-5-8-18(22)20-14-17(12-13-23(20)30)29-24(31)15-34-26(33)16(2)28-25(32)19-9-4-6-10-21(19)27/h4-14,16H,3,15H2,1-2H3,(H,28,32)(H,29,31)/t16-/m0/s1. The SMILES string of the molecule is CCn1c2ccccc2c2cc(NC(=O)COC(=O)[C@H](C)NC(=O)c3ccccc3Cl)ccc21. The molecule has 1 aromatic heterocycles. The Bertz CT molecular complexity index is 1400. The molecule has 0 aliphatic carbocycles.